The highest BCUT2D eigenvalue weighted by Gasteiger charge is 2.20. The number of carbonyl (C=O) groups excluding carboxylic acids is 1. The van der Waals surface area contributed by atoms with Gasteiger partial charge in [-0.05, 0) is 27.8 Å². The average Bonchev–Trinajstić information content (AvgIpc) is 1.84. The Hall–Kier alpha value is -0.570. The summed E-state index contributed by atoms with van der Waals surface area (Å²) in [4.78, 5) is 11.3. The maximum absolute atomic E-state index is 11.3. The molecule has 0 unspecified atom stereocenters. The lowest BCUT2D eigenvalue weighted by atomic mass is 10.1. The average molecular weight is 173 g/mol. The number of hydrogen-bond donors (Lipinski definition) is 1. The van der Waals surface area contributed by atoms with Crippen LogP contribution in [0, 0.1) is 5.92 Å². The Morgan fingerprint density at radius 3 is 2.33 bits per heavy atom. The zero-order valence-corrected chi connectivity index (χ0v) is 8.60. The van der Waals surface area contributed by atoms with Crippen LogP contribution in [0.3, 0.4) is 0 Å². The highest BCUT2D eigenvalue weighted by molar-refractivity contribution is 5.72. The van der Waals surface area contributed by atoms with Gasteiger partial charge in [0, 0.05) is 6.54 Å². The Morgan fingerprint density at radius 2 is 2.00 bits per heavy atom. The third kappa shape index (κ3) is 5.13. The summed E-state index contributed by atoms with van der Waals surface area (Å²) in [5, 5.41) is 2.93. The molecule has 0 bridgehead atoms. The van der Waals surface area contributed by atoms with E-state index in [1.807, 2.05) is 34.7 Å². The van der Waals surface area contributed by atoms with Gasteiger partial charge in [0.05, 0.1) is 5.92 Å². The zero-order chi connectivity index (χ0) is 9.78. The van der Waals surface area contributed by atoms with E-state index in [1.165, 1.54) is 0 Å². The molecule has 0 aliphatic rings. The largest absolute Gasteiger partial charge is 0.460 e. The lowest BCUT2D eigenvalue weighted by Crippen LogP contribution is -2.31. The lowest BCUT2D eigenvalue weighted by Gasteiger charge is -2.22. The second kappa shape index (κ2) is 4.45. The maximum Gasteiger partial charge on any atom is 0.310 e. The molecule has 0 saturated carbocycles. The molecular weight excluding hydrogens is 154 g/mol. The summed E-state index contributed by atoms with van der Waals surface area (Å²) >= 11 is 0. The molecule has 0 saturated heterocycles. The fourth-order valence-electron chi connectivity index (χ4n) is 0.792. The van der Waals surface area contributed by atoms with Crippen LogP contribution in [0.25, 0.3) is 0 Å². The second-order valence-electron chi connectivity index (χ2n) is 3.99. The quantitative estimate of drug-likeness (QED) is 0.651. The molecule has 0 radical (unpaired) electrons. The van der Waals surface area contributed by atoms with E-state index in [1.54, 1.807) is 0 Å². The minimum Gasteiger partial charge on any atom is -0.460 e. The van der Waals surface area contributed by atoms with E-state index in [-0.39, 0.29) is 17.5 Å². The molecule has 0 aromatic carbocycles. The Kier molecular flexibility index (Phi) is 4.24. The summed E-state index contributed by atoms with van der Waals surface area (Å²) in [6.07, 6.45) is 0. The standard InChI is InChI=1S/C9H19NO2/c1-7(6-10-5)8(11)12-9(2,3)4/h7,10H,6H2,1-5H3/t7-/m0/s1. The van der Waals surface area contributed by atoms with Crippen LogP contribution in [0.15, 0.2) is 0 Å². The third-order valence-electron chi connectivity index (χ3n) is 1.32. The molecule has 3 nitrogen and oxygen atoms in total. The Bertz CT molecular complexity index is 149. The molecule has 0 amide bonds. The van der Waals surface area contributed by atoms with Gasteiger partial charge in [0.1, 0.15) is 5.60 Å². The van der Waals surface area contributed by atoms with Crippen LogP contribution in [-0.2, 0) is 9.53 Å². The molecule has 1 N–H and O–H groups in total. The molecule has 0 fully saturated rings. The Balaban J connectivity index is 3.87. The Labute approximate surface area is 74.5 Å². The molecule has 0 heterocycles. The third-order valence-corrected chi connectivity index (χ3v) is 1.32. The van der Waals surface area contributed by atoms with Crippen LogP contribution in [0.4, 0.5) is 0 Å². The molecule has 0 rings (SSSR count). The molecule has 0 aliphatic heterocycles. The zero-order valence-electron chi connectivity index (χ0n) is 8.60. The van der Waals surface area contributed by atoms with E-state index in [9.17, 15) is 4.79 Å². The van der Waals surface area contributed by atoms with Crippen molar-refractivity contribution in [2.75, 3.05) is 13.6 Å². The van der Waals surface area contributed by atoms with Gasteiger partial charge in [-0.15, -0.1) is 0 Å². The van der Waals surface area contributed by atoms with Gasteiger partial charge in [-0.25, -0.2) is 0 Å². The van der Waals surface area contributed by atoms with Gasteiger partial charge in [-0.1, -0.05) is 6.92 Å². The van der Waals surface area contributed by atoms with Crippen LogP contribution in [0.5, 0.6) is 0 Å². The smallest absolute Gasteiger partial charge is 0.310 e. The summed E-state index contributed by atoms with van der Waals surface area (Å²) in [5.41, 5.74) is -0.376. The van der Waals surface area contributed by atoms with Crippen molar-refractivity contribution in [3.05, 3.63) is 0 Å². The highest BCUT2D eigenvalue weighted by Crippen LogP contribution is 2.10. The van der Waals surface area contributed by atoms with Crippen molar-refractivity contribution in [2.45, 2.75) is 33.3 Å². The van der Waals surface area contributed by atoms with E-state index < -0.39 is 0 Å². The van der Waals surface area contributed by atoms with E-state index in [4.69, 9.17) is 4.74 Å². The van der Waals surface area contributed by atoms with Crippen molar-refractivity contribution in [2.24, 2.45) is 5.92 Å². The molecule has 0 aromatic rings. The molecule has 0 aromatic heterocycles. The summed E-state index contributed by atoms with van der Waals surface area (Å²) in [7, 11) is 1.82. The first-order chi connectivity index (χ1) is 5.37. The van der Waals surface area contributed by atoms with Gasteiger partial charge in [-0.2, -0.15) is 0 Å². The number of ether oxygens (including phenoxy) is 1. The van der Waals surface area contributed by atoms with Crippen molar-refractivity contribution in [1.82, 2.24) is 5.32 Å². The molecule has 12 heavy (non-hydrogen) atoms. The van der Waals surface area contributed by atoms with Crippen LogP contribution in [0.2, 0.25) is 0 Å². The number of rotatable bonds is 3. The van der Waals surface area contributed by atoms with Crippen LogP contribution in [-0.4, -0.2) is 25.2 Å². The minimum absolute atomic E-state index is 0.0748. The van der Waals surface area contributed by atoms with Crippen molar-refractivity contribution in [1.29, 1.82) is 0 Å². The fourth-order valence-corrected chi connectivity index (χ4v) is 0.792. The summed E-state index contributed by atoms with van der Waals surface area (Å²) < 4.78 is 5.17. The van der Waals surface area contributed by atoms with E-state index in [0.717, 1.165) is 0 Å². The predicted molar refractivity (Wildman–Crippen MR) is 48.9 cm³/mol. The van der Waals surface area contributed by atoms with Gasteiger partial charge in [0.15, 0.2) is 0 Å². The topological polar surface area (TPSA) is 38.3 Å². The SMILES string of the molecule is CNC[C@H](C)C(=O)OC(C)(C)C. The van der Waals surface area contributed by atoms with Crippen molar-refractivity contribution in [3.8, 4) is 0 Å². The molecule has 1 atom stereocenters. The number of carbonyl (C=O) groups is 1. The fraction of sp³-hybridized carbons (Fsp3) is 0.889. The predicted octanol–water partition coefficient (Wildman–Crippen LogP) is 1.18. The van der Waals surface area contributed by atoms with Crippen LogP contribution < -0.4 is 5.32 Å². The highest BCUT2D eigenvalue weighted by atomic mass is 16.6. The number of hydrogen-bond acceptors (Lipinski definition) is 3. The summed E-state index contributed by atoms with van der Waals surface area (Å²) in [6, 6.07) is 0. The van der Waals surface area contributed by atoms with E-state index >= 15 is 0 Å². The van der Waals surface area contributed by atoms with Crippen molar-refractivity contribution in [3.63, 3.8) is 0 Å². The van der Waals surface area contributed by atoms with Crippen molar-refractivity contribution >= 4 is 5.97 Å². The van der Waals surface area contributed by atoms with E-state index in [2.05, 4.69) is 5.32 Å². The molecule has 0 spiro atoms. The monoisotopic (exact) mass is 173 g/mol. The van der Waals surface area contributed by atoms with Gasteiger partial charge >= 0.3 is 5.97 Å². The Morgan fingerprint density at radius 1 is 1.50 bits per heavy atom. The van der Waals surface area contributed by atoms with Gasteiger partial charge < -0.3 is 10.1 Å². The van der Waals surface area contributed by atoms with E-state index in [0.29, 0.717) is 6.54 Å². The first-order valence-electron chi connectivity index (χ1n) is 4.24. The summed E-state index contributed by atoms with van der Waals surface area (Å²) in [5.74, 6) is -0.217. The molecule has 3 heteroatoms. The first-order valence-corrected chi connectivity index (χ1v) is 4.24. The second-order valence-corrected chi connectivity index (χ2v) is 3.99. The molecule has 72 valence electrons. The maximum atomic E-state index is 11.3. The summed E-state index contributed by atoms with van der Waals surface area (Å²) in [6.45, 7) is 8.13. The molecule has 0 aliphatic carbocycles. The van der Waals surface area contributed by atoms with Gasteiger partial charge in [0.2, 0.25) is 0 Å². The molecular formula is C9H19NO2. The normalized spacial score (nSPS) is 14.1. The van der Waals surface area contributed by atoms with Crippen LogP contribution >= 0.6 is 0 Å². The van der Waals surface area contributed by atoms with Gasteiger partial charge in [0.25, 0.3) is 0 Å². The number of nitrogens with one attached hydrogen (secondary N) is 1. The minimum atomic E-state index is -0.376. The van der Waals surface area contributed by atoms with Gasteiger partial charge in [-0.3, -0.25) is 4.79 Å². The lowest BCUT2D eigenvalue weighted by molar-refractivity contribution is -0.159. The van der Waals surface area contributed by atoms with Crippen LogP contribution in [0.1, 0.15) is 27.7 Å². The first kappa shape index (κ1) is 11.4. The number of esters is 1. The van der Waals surface area contributed by atoms with Crippen molar-refractivity contribution < 1.29 is 9.53 Å².